The molecule has 0 radical (unpaired) electrons. The average Bonchev–Trinajstić information content (AvgIpc) is 2.78. The molecule has 156 valence electrons. The number of aryl methyl sites for hydroxylation is 1. The number of allylic oxidation sites excluding steroid dienone is 4. The Balaban J connectivity index is 1.87. The third-order valence-corrected chi connectivity index (χ3v) is 4.98. The molecule has 0 aliphatic heterocycles. The van der Waals surface area contributed by atoms with Crippen molar-refractivity contribution >= 4 is 11.5 Å². The van der Waals surface area contributed by atoms with Crippen LogP contribution in [0.1, 0.15) is 34.6 Å². The van der Waals surface area contributed by atoms with Gasteiger partial charge in [-0.1, -0.05) is 30.4 Å². The van der Waals surface area contributed by atoms with E-state index < -0.39 is 5.97 Å². The lowest BCUT2D eigenvalue weighted by molar-refractivity contribution is 0.0600. The summed E-state index contributed by atoms with van der Waals surface area (Å²) in [7, 11) is 1.33. The van der Waals surface area contributed by atoms with Gasteiger partial charge in [-0.15, -0.1) is 0 Å². The number of aromatic nitrogens is 3. The first kappa shape index (κ1) is 20.3. The number of aliphatic hydroxyl groups is 1. The fourth-order valence-electron chi connectivity index (χ4n) is 3.31. The van der Waals surface area contributed by atoms with Crippen LogP contribution in [0.4, 0.5) is 0 Å². The fourth-order valence-corrected chi connectivity index (χ4v) is 3.31. The highest BCUT2D eigenvalue weighted by molar-refractivity contribution is 5.89. The second-order valence-electron chi connectivity index (χ2n) is 7.20. The van der Waals surface area contributed by atoms with Gasteiger partial charge in [0.2, 0.25) is 0 Å². The molecule has 0 saturated heterocycles. The number of aliphatic hydroxyl groups excluding tert-OH is 1. The van der Waals surface area contributed by atoms with Gasteiger partial charge in [-0.2, -0.15) is 0 Å². The number of carbonyl (C=O) groups excluding carboxylic acids is 1. The number of aromatic hydroxyl groups is 1. The summed E-state index contributed by atoms with van der Waals surface area (Å²) in [5.41, 5.74) is 2.96. The lowest BCUT2D eigenvalue weighted by Crippen LogP contribution is -2.05. The molecule has 7 nitrogen and oxygen atoms in total. The van der Waals surface area contributed by atoms with Crippen molar-refractivity contribution in [2.24, 2.45) is 0 Å². The Morgan fingerprint density at radius 1 is 0.968 bits per heavy atom. The molecular weight excluding hydrogens is 394 g/mol. The molecule has 31 heavy (non-hydrogen) atoms. The highest BCUT2D eigenvalue weighted by Gasteiger charge is 2.18. The largest absolute Gasteiger partial charge is 0.512 e. The predicted octanol–water partition coefficient (Wildman–Crippen LogP) is 4.63. The normalized spacial score (nSPS) is 13.4. The van der Waals surface area contributed by atoms with E-state index in [2.05, 4.69) is 15.0 Å². The minimum Gasteiger partial charge on any atom is -0.512 e. The molecule has 1 aromatic heterocycles. The highest BCUT2D eigenvalue weighted by atomic mass is 16.5. The molecule has 3 aromatic rings. The maximum Gasteiger partial charge on any atom is 0.337 e. The van der Waals surface area contributed by atoms with Gasteiger partial charge in [0.05, 0.1) is 23.8 Å². The zero-order valence-corrected chi connectivity index (χ0v) is 17.2. The third kappa shape index (κ3) is 4.16. The van der Waals surface area contributed by atoms with Gasteiger partial charge in [-0.25, -0.2) is 19.7 Å². The van der Waals surface area contributed by atoms with Crippen LogP contribution in [0.3, 0.4) is 0 Å². The predicted molar refractivity (Wildman–Crippen MR) is 116 cm³/mol. The first-order valence-corrected chi connectivity index (χ1v) is 9.80. The second-order valence-corrected chi connectivity index (χ2v) is 7.20. The standard InChI is InChI=1S/C24H21N3O4/c1-14-7-12-18(20(29)13-14)23-26-21(15-8-10-16(11-9-15)24(30)31-2)25-22(27-23)17-5-3-4-6-19(17)28/h3,5,7-13,28-29H,4,6H2,1-2H3. The zero-order chi connectivity index (χ0) is 22.0. The Hall–Kier alpha value is -4.00. The molecule has 0 fully saturated rings. The maximum absolute atomic E-state index is 11.7. The number of phenols is 1. The van der Waals surface area contributed by atoms with Crippen molar-refractivity contribution in [2.45, 2.75) is 19.8 Å². The molecular formula is C24H21N3O4. The number of benzene rings is 2. The molecule has 0 unspecified atom stereocenters. The van der Waals surface area contributed by atoms with Gasteiger partial charge in [-0.3, -0.25) is 0 Å². The van der Waals surface area contributed by atoms with Crippen molar-refractivity contribution in [3.05, 3.63) is 77.3 Å². The quantitative estimate of drug-likeness (QED) is 0.599. The maximum atomic E-state index is 11.7. The smallest absolute Gasteiger partial charge is 0.337 e. The lowest BCUT2D eigenvalue weighted by atomic mass is 10.0. The average molecular weight is 415 g/mol. The summed E-state index contributed by atoms with van der Waals surface area (Å²) in [6, 6.07) is 11.9. The summed E-state index contributed by atoms with van der Waals surface area (Å²) in [5, 5.41) is 20.8. The van der Waals surface area contributed by atoms with Gasteiger partial charge < -0.3 is 14.9 Å². The molecule has 0 spiro atoms. The zero-order valence-electron chi connectivity index (χ0n) is 17.2. The monoisotopic (exact) mass is 415 g/mol. The summed E-state index contributed by atoms with van der Waals surface area (Å²) >= 11 is 0. The van der Waals surface area contributed by atoms with Crippen LogP contribution in [0.5, 0.6) is 5.75 Å². The number of ether oxygens (including phenoxy) is 1. The highest BCUT2D eigenvalue weighted by Crippen LogP contribution is 2.31. The number of carbonyl (C=O) groups is 1. The molecule has 1 heterocycles. The van der Waals surface area contributed by atoms with E-state index in [9.17, 15) is 15.0 Å². The third-order valence-electron chi connectivity index (χ3n) is 4.98. The van der Waals surface area contributed by atoms with Crippen LogP contribution >= 0.6 is 0 Å². The lowest BCUT2D eigenvalue weighted by Gasteiger charge is -2.13. The minimum absolute atomic E-state index is 0.0570. The molecule has 0 atom stereocenters. The van der Waals surface area contributed by atoms with Crippen molar-refractivity contribution in [1.29, 1.82) is 0 Å². The summed E-state index contributed by atoms with van der Waals surface area (Å²) in [6.45, 7) is 1.88. The van der Waals surface area contributed by atoms with Crippen LogP contribution in [0.2, 0.25) is 0 Å². The topological polar surface area (TPSA) is 105 Å². The molecule has 1 aliphatic rings. The summed E-state index contributed by atoms with van der Waals surface area (Å²) in [4.78, 5) is 25.4. The van der Waals surface area contributed by atoms with Crippen molar-refractivity contribution in [1.82, 2.24) is 15.0 Å². The molecule has 7 heteroatoms. The number of methoxy groups -OCH3 is 1. The Morgan fingerprint density at radius 2 is 1.68 bits per heavy atom. The Bertz CT molecular complexity index is 1210. The first-order valence-electron chi connectivity index (χ1n) is 9.80. The van der Waals surface area contributed by atoms with E-state index in [1.165, 1.54) is 7.11 Å². The first-order chi connectivity index (χ1) is 15.0. The van der Waals surface area contributed by atoms with Crippen LogP contribution in [0, 0.1) is 6.92 Å². The molecule has 4 rings (SSSR count). The van der Waals surface area contributed by atoms with Crippen LogP contribution in [0.15, 0.2) is 60.4 Å². The molecule has 0 bridgehead atoms. The van der Waals surface area contributed by atoms with Crippen molar-refractivity contribution < 1.29 is 19.7 Å². The van der Waals surface area contributed by atoms with E-state index in [0.717, 1.165) is 12.0 Å². The summed E-state index contributed by atoms with van der Waals surface area (Å²) < 4.78 is 4.74. The minimum atomic E-state index is -0.435. The van der Waals surface area contributed by atoms with Gasteiger partial charge in [-0.05, 0) is 43.2 Å². The molecule has 1 aliphatic carbocycles. The van der Waals surface area contributed by atoms with Crippen LogP contribution in [-0.2, 0) is 4.74 Å². The SMILES string of the molecule is COC(=O)c1ccc(-c2nc(C3=C(O)CCC=C3)nc(-c3ccc(C)cc3O)n2)cc1. The number of hydrogen-bond donors (Lipinski definition) is 2. The van der Waals surface area contributed by atoms with Gasteiger partial charge in [0.15, 0.2) is 17.5 Å². The van der Waals surface area contributed by atoms with Crippen molar-refractivity contribution in [3.8, 4) is 28.5 Å². The number of phenolic OH excluding ortho intramolecular Hbond substituents is 1. The van der Waals surface area contributed by atoms with Gasteiger partial charge in [0, 0.05) is 12.0 Å². The van der Waals surface area contributed by atoms with E-state index in [1.807, 2.05) is 19.1 Å². The van der Waals surface area contributed by atoms with Crippen LogP contribution < -0.4 is 0 Å². The number of nitrogens with zero attached hydrogens (tertiary/aromatic N) is 3. The molecule has 2 N–H and O–H groups in total. The van der Waals surface area contributed by atoms with Crippen molar-refractivity contribution in [3.63, 3.8) is 0 Å². The van der Waals surface area contributed by atoms with E-state index in [-0.39, 0.29) is 17.3 Å². The van der Waals surface area contributed by atoms with Crippen LogP contribution in [-0.4, -0.2) is 38.2 Å². The van der Waals surface area contributed by atoms with E-state index in [1.54, 1.807) is 42.5 Å². The number of hydrogen-bond acceptors (Lipinski definition) is 7. The van der Waals surface area contributed by atoms with E-state index >= 15 is 0 Å². The molecule has 2 aromatic carbocycles. The fraction of sp³-hybridized carbons (Fsp3) is 0.167. The second kappa shape index (κ2) is 8.39. The Labute approximate surface area is 179 Å². The van der Waals surface area contributed by atoms with Crippen molar-refractivity contribution in [2.75, 3.05) is 7.11 Å². The molecule has 0 amide bonds. The summed E-state index contributed by atoms with van der Waals surface area (Å²) in [5.74, 6) is 0.784. The number of rotatable bonds is 4. The van der Waals surface area contributed by atoms with Gasteiger partial charge in [0.1, 0.15) is 11.5 Å². The Morgan fingerprint density at radius 3 is 2.35 bits per heavy atom. The Kier molecular flexibility index (Phi) is 5.49. The van der Waals surface area contributed by atoms with Gasteiger partial charge in [0.25, 0.3) is 0 Å². The summed E-state index contributed by atoms with van der Waals surface area (Å²) in [6.07, 6.45) is 4.99. The molecule has 0 saturated carbocycles. The van der Waals surface area contributed by atoms with Gasteiger partial charge >= 0.3 is 5.97 Å². The number of esters is 1. The van der Waals surface area contributed by atoms with Crippen LogP contribution in [0.25, 0.3) is 28.3 Å². The van der Waals surface area contributed by atoms with E-state index in [0.29, 0.717) is 40.3 Å². The van der Waals surface area contributed by atoms with E-state index in [4.69, 9.17) is 4.74 Å².